The van der Waals surface area contributed by atoms with Gasteiger partial charge in [-0.1, -0.05) is 22.0 Å². The molecule has 1 N–H and O–H groups in total. The second-order valence-electron chi connectivity index (χ2n) is 2.96. The molecule has 0 aliphatic rings. The number of carbonyl (C=O) groups is 1. The molecular weight excluding hydrogens is 369 g/mol. The van der Waals surface area contributed by atoms with Gasteiger partial charge in [0.25, 0.3) is 5.91 Å². The molecule has 15 heavy (non-hydrogen) atoms. The van der Waals surface area contributed by atoms with Crippen LogP contribution >= 0.6 is 38.5 Å². The van der Waals surface area contributed by atoms with Gasteiger partial charge in [-0.3, -0.25) is 4.79 Å². The van der Waals surface area contributed by atoms with Crippen molar-refractivity contribution in [3.8, 4) is 0 Å². The van der Waals surface area contributed by atoms with Crippen LogP contribution in [-0.2, 0) is 0 Å². The Labute approximate surface area is 111 Å². The number of rotatable bonds is 4. The molecule has 0 heterocycles. The highest BCUT2D eigenvalue weighted by atomic mass is 127. The topological polar surface area (TPSA) is 29.1 Å². The normalized spacial score (nSPS) is 9.73. The summed E-state index contributed by atoms with van der Waals surface area (Å²) in [5, 5.41) is 2.83. The van der Waals surface area contributed by atoms with Crippen molar-refractivity contribution in [1.82, 2.24) is 5.32 Å². The predicted molar refractivity (Wildman–Crippen MR) is 74.0 cm³/mol. The van der Waals surface area contributed by atoms with E-state index in [1.807, 2.05) is 18.2 Å². The minimum absolute atomic E-state index is 0.0393. The summed E-state index contributed by atoms with van der Waals surface area (Å²) in [6.07, 6.45) is 2.57. The van der Waals surface area contributed by atoms with Crippen LogP contribution in [-0.4, -0.2) is 12.5 Å². The molecule has 0 fully saturated rings. The van der Waals surface area contributed by atoms with Crippen molar-refractivity contribution in [2.75, 3.05) is 6.54 Å². The van der Waals surface area contributed by atoms with Crippen LogP contribution in [0, 0.1) is 3.57 Å². The van der Waals surface area contributed by atoms with Crippen molar-refractivity contribution in [3.05, 3.63) is 44.5 Å². The zero-order chi connectivity index (χ0) is 11.3. The van der Waals surface area contributed by atoms with Gasteiger partial charge in [0.1, 0.15) is 0 Å². The van der Waals surface area contributed by atoms with Crippen molar-refractivity contribution in [3.63, 3.8) is 0 Å². The lowest BCUT2D eigenvalue weighted by atomic mass is 10.2. The average molecular weight is 380 g/mol. The summed E-state index contributed by atoms with van der Waals surface area (Å²) in [6, 6.07) is 5.65. The second-order valence-corrected chi connectivity index (χ2v) is 5.04. The van der Waals surface area contributed by atoms with E-state index >= 15 is 0 Å². The summed E-state index contributed by atoms with van der Waals surface area (Å²) in [4.78, 5) is 11.7. The summed E-state index contributed by atoms with van der Waals surface area (Å²) in [5.41, 5.74) is 0.703. The molecule has 0 aliphatic heterocycles. The van der Waals surface area contributed by atoms with Gasteiger partial charge in [0, 0.05) is 14.6 Å². The lowest BCUT2D eigenvalue weighted by Crippen LogP contribution is -2.24. The quantitative estimate of drug-likeness (QED) is 0.485. The first-order valence-electron chi connectivity index (χ1n) is 4.49. The molecule has 1 amide bonds. The molecule has 4 heteroatoms. The van der Waals surface area contributed by atoms with E-state index in [0.29, 0.717) is 12.1 Å². The molecule has 0 radical (unpaired) electrons. The van der Waals surface area contributed by atoms with Crippen molar-refractivity contribution < 1.29 is 4.79 Å². The second kappa shape index (κ2) is 6.27. The molecule has 0 atom stereocenters. The highest BCUT2D eigenvalue weighted by Gasteiger charge is 2.09. The van der Waals surface area contributed by atoms with Crippen LogP contribution in [0.5, 0.6) is 0 Å². The van der Waals surface area contributed by atoms with Gasteiger partial charge in [0.05, 0.1) is 5.56 Å². The molecule has 1 aromatic rings. The maximum Gasteiger partial charge on any atom is 0.252 e. The molecule has 1 rings (SSSR count). The van der Waals surface area contributed by atoms with Gasteiger partial charge < -0.3 is 5.32 Å². The highest BCUT2D eigenvalue weighted by molar-refractivity contribution is 14.1. The van der Waals surface area contributed by atoms with Crippen LogP contribution in [0.15, 0.2) is 35.3 Å². The summed E-state index contributed by atoms with van der Waals surface area (Å²) in [7, 11) is 0. The summed E-state index contributed by atoms with van der Waals surface area (Å²) >= 11 is 5.50. The largest absolute Gasteiger partial charge is 0.352 e. The van der Waals surface area contributed by atoms with Crippen LogP contribution in [0.2, 0.25) is 0 Å². The van der Waals surface area contributed by atoms with Crippen molar-refractivity contribution >= 4 is 44.4 Å². The molecule has 0 saturated heterocycles. The van der Waals surface area contributed by atoms with Gasteiger partial charge >= 0.3 is 0 Å². The molecular formula is C11H11BrINO. The van der Waals surface area contributed by atoms with E-state index in [9.17, 15) is 4.79 Å². The molecule has 0 aromatic heterocycles. The number of carbonyl (C=O) groups excluding carboxylic acids is 1. The SMILES string of the molecule is C=CCCNC(=O)c1cc(Br)ccc1I. The van der Waals surface area contributed by atoms with Gasteiger partial charge in [-0.2, -0.15) is 0 Å². The standard InChI is InChI=1S/C11H11BrINO/c1-2-3-6-14-11(15)9-7-8(12)4-5-10(9)13/h2,4-5,7H,1,3,6H2,(H,14,15). The zero-order valence-electron chi connectivity index (χ0n) is 8.09. The monoisotopic (exact) mass is 379 g/mol. The Bertz CT molecular complexity index is 379. The van der Waals surface area contributed by atoms with E-state index in [0.717, 1.165) is 14.5 Å². The van der Waals surface area contributed by atoms with E-state index in [1.165, 1.54) is 0 Å². The lowest BCUT2D eigenvalue weighted by Gasteiger charge is -2.06. The Balaban J connectivity index is 2.72. The molecule has 0 spiro atoms. The number of nitrogens with one attached hydrogen (secondary N) is 1. The minimum Gasteiger partial charge on any atom is -0.352 e. The van der Waals surface area contributed by atoms with Crippen LogP contribution in [0.25, 0.3) is 0 Å². The fourth-order valence-corrected chi connectivity index (χ4v) is 2.00. The summed E-state index contributed by atoms with van der Waals surface area (Å²) in [6.45, 7) is 4.23. The number of hydrogen-bond acceptors (Lipinski definition) is 1. The zero-order valence-corrected chi connectivity index (χ0v) is 11.8. The predicted octanol–water partition coefficient (Wildman–Crippen LogP) is 3.36. The molecule has 0 aliphatic carbocycles. The third-order valence-electron chi connectivity index (χ3n) is 1.81. The Kier molecular flexibility index (Phi) is 5.31. The van der Waals surface area contributed by atoms with Gasteiger partial charge in [-0.05, 0) is 47.2 Å². The Morgan fingerprint density at radius 3 is 3.00 bits per heavy atom. The fraction of sp³-hybridized carbons (Fsp3) is 0.182. The van der Waals surface area contributed by atoms with Crippen LogP contribution < -0.4 is 5.32 Å². The van der Waals surface area contributed by atoms with Crippen molar-refractivity contribution in [1.29, 1.82) is 0 Å². The lowest BCUT2D eigenvalue weighted by molar-refractivity contribution is 0.0953. The smallest absolute Gasteiger partial charge is 0.252 e. The third kappa shape index (κ3) is 3.95. The number of halogens is 2. The first kappa shape index (κ1) is 12.7. The Hall–Kier alpha value is -0.360. The van der Waals surface area contributed by atoms with Crippen LogP contribution in [0.1, 0.15) is 16.8 Å². The molecule has 0 bridgehead atoms. The molecule has 0 saturated carbocycles. The van der Waals surface area contributed by atoms with E-state index in [-0.39, 0.29) is 5.91 Å². The minimum atomic E-state index is -0.0393. The summed E-state index contributed by atoms with van der Waals surface area (Å²) < 4.78 is 1.86. The maximum atomic E-state index is 11.7. The van der Waals surface area contributed by atoms with Gasteiger partial charge in [0.15, 0.2) is 0 Å². The molecule has 80 valence electrons. The molecule has 1 aromatic carbocycles. The number of hydrogen-bond donors (Lipinski definition) is 1. The highest BCUT2D eigenvalue weighted by Crippen LogP contribution is 2.18. The van der Waals surface area contributed by atoms with Crippen molar-refractivity contribution in [2.45, 2.75) is 6.42 Å². The fourth-order valence-electron chi connectivity index (χ4n) is 1.05. The van der Waals surface area contributed by atoms with Crippen molar-refractivity contribution in [2.24, 2.45) is 0 Å². The number of amides is 1. The van der Waals surface area contributed by atoms with Gasteiger partial charge in [0.2, 0.25) is 0 Å². The average Bonchev–Trinajstić information content (AvgIpc) is 2.22. The van der Waals surface area contributed by atoms with Crippen LogP contribution in [0.4, 0.5) is 0 Å². The summed E-state index contributed by atoms with van der Waals surface area (Å²) in [5.74, 6) is -0.0393. The molecule has 0 unspecified atom stereocenters. The third-order valence-corrected chi connectivity index (χ3v) is 3.24. The van der Waals surface area contributed by atoms with Crippen LogP contribution in [0.3, 0.4) is 0 Å². The molecule has 2 nitrogen and oxygen atoms in total. The van der Waals surface area contributed by atoms with E-state index in [1.54, 1.807) is 6.08 Å². The van der Waals surface area contributed by atoms with E-state index < -0.39 is 0 Å². The first-order valence-corrected chi connectivity index (χ1v) is 6.36. The van der Waals surface area contributed by atoms with E-state index in [4.69, 9.17) is 0 Å². The van der Waals surface area contributed by atoms with Gasteiger partial charge in [-0.15, -0.1) is 6.58 Å². The van der Waals surface area contributed by atoms with Gasteiger partial charge in [-0.25, -0.2) is 0 Å². The maximum absolute atomic E-state index is 11.7. The number of benzene rings is 1. The first-order chi connectivity index (χ1) is 7.15. The Morgan fingerprint density at radius 1 is 1.60 bits per heavy atom. The van der Waals surface area contributed by atoms with E-state index in [2.05, 4.69) is 50.4 Å². The Morgan fingerprint density at radius 2 is 2.33 bits per heavy atom.